The molecule has 0 fully saturated rings. The van der Waals surface area contributed by atoms with E-state index in [2.05, 4.69) is 0 Å². The quantitative estimate of drug-likeness (QED) is 0.869. The zero-order valence-corrected chi connectivity index (χ0v) is 11.3. The van der Waals surface area contributed by atoms with Gasteiger partial charge < -0.3 is 9.84 Å². The van der Waals surface area contributed by atoms with Gasteiger partial charge in [-0.2, -0.15) is 0 Å². The van der Waals surface area contributed by atoms with Crippen LogP contribution in [0.2, 0.25) is 10.0 Å². The largest absolute Gasteiger partial charge is 0.507 e. The number of ether oxygens (including phenoxy) is 1. The molecular formula is C14H10Cl2O3. The van der Waals surface area contributed by atoms with Gasteiger partial charge in [0.05, 0.1) is 0 Å². The molecule has 0 saturated carbocycles. The van der Waals surface area contributed by atoms with E-state index in [1.54, 1.807) is 30.3 Å². The smallest absolute Gasteiger partial charge is 0.342 e. The molecule has 2 aromatic rings. The molecule has 3 nitrogen and oxygen atoms in total. The summed E-state index contributed by atoms with van der Waals surface area (Å²) >= 11 is 11.9. The van der Waals surface area contributed by atoms with E-state index in [1.165, 1.54) is 12.1 Å². The minimum Gasteiger partial charge on any atom is -0.507 e. The van der Waals surface area contributed by atoms with Crippen LogP contribution in [0.15, 0.2) is 42.5 Å². The van der Waals surface area contributed by atoms with Crippen molar-refractivity contribution in [2.75, 3.05) is 0 Å². The van der Waals surface area contributed by atoms with Crippen molar-refractivity contribution in [1.29, 1.82) is 0 Å². The number of phenols is 1. The first kappa shape index (κ1) is 13.7. The highest BCUT2D eigenvalue weighted by molar-refractivity contribution is 6.35. The van der Waals surface area contributed by atoms with Gasteiger partial charge >= 0.3 is 5.97 Å². The summed E-state index contributed by atoms with van der Waals surface area (Å²) in [6.07, 6.45) is 0. The van der Waals surface area contributed by atoms with Crippen LogP contribution in [0.3, 0.4) is 0 Å². The lowest BCUT2D eigenvalue weighted by Gasteiger charge is -2.09. The summed E-state index contributed by atoms with van der Waals surface area (Å²) < 4.78 is 5.09. The van der Waals surface area contributed by atoms with Crippen LogP contribution >= 0.6 is 23.2 Å². The number of carbonyl (C=O) groups is 1. The number of aromatic hydroxyl groups is 1. The van der Waals surface area contributed by atoms with E-state index < -0.39 is 5.97 Å². The van der Waals surface area contributed by atoms with E-state index in [4.69, 9.17) is 27.9 Å². The third-order valence-corrected chi connectivity index (χ3v) is 3.24. The molecule has 0 atom stereocenters. The Kier molecular flexibility index (Phi) is 4.30. The van der Waals surface area contributed by atoms with E-state index in [9.17, 15) is 9.90 Å². The monoisotopic (exact) mass is 296 g/mol. The van der Waals surface area contributed by atoms with E-state index >= 15 is 0 Å². The molecular weight excluding hydrogens is 287 g/mol. The summed E-state index contributed by atoms with van der Waals surface area (Å²) in [5.74, 6) is -0.758. The number of halogens is 2. The SMILES string of the molecule is O=C(OCc1c(Cl)cccc1Cl)c1ccccc1O. The molecule has 0 aliphatic carbocycles. The van der Waals surface area contributed by atoms with Crippen LogP contribution in [0, 0.1) is 0 Å². The molecule has 0 spiro atoms. The average Bonchev–Trinajstić information content (AvgIpc) is 2.38. The van der Waals surface area contributed by atoms with E-state index in [0.29, 0.717) is 15.6 Å². The van der Waals surface area contributed by atoms with Crippen molar-refractivity contribution in [1.82, 2.24) is 0 Å². The van der Waals surface area contributed by atoms with Crippen LogP contribution in [-0.4, -0.2) is 11.1 Å². The van der Waals surface area contributed by atoms with Crippen molar-refractivity contribution < 1.29 is 14.6 Å². The molecule has 0 heterocycles. The third-order valence-electron chi connectivity index (χ3n) is 2.53. The Morgan fingerprint density at radius 3 is 2.32 bits per heavy atom. The van der Waals surface area contributed by atoms with Crippen molar-refractivity contribution in [3.63, 3.8) is 0 Å². The van der Waals surface area contributed by atoms with Crippen LogP contribution in [0.25, 0.3) is 0 Å². The van der Waals surface area contributed by atoms with E-state index in [-0.39, 0.29) is 17.9 Å². The van der Waals surface area contributed by atoms with Gasteiger partial charge in [0.1, 0.15) is 17.9 Å². The van der Waals surface area contributed by atoms with Gasteiger partial charge in [0, 0.05) is 15.6 Å². The predicted molar refractivity (Wildman–Crippen MR) is 73.7 cm³/mol. The highest BCUT2D eigenvalue weighted by Crippen LogP contribution is 2.25. The molecule has 1 N–H and O–H groups in total. The summed E-state index contributed by atoms with van der Waals surface area (Å²) in [6.45, 7) is -0.0499. The highest BCUT2D eigenvalue weighted by atomic mass is 35.5. The fourth-order valence-electron chi connectivity index (χ4n) is 1.53. The Morgan fingerprint density at radius 2 is 1.68 bits per heavy atom. The van der Waals surface area contributed by atoms with Gasteiger partial charge in [-0.3, -0.25) is 0 Å². The summed E-state index contributed by atoms with van der Waals surface area (Å²) in [5.41, 5.74) is 0.639. The first-order valence-corrected chi connectivity index (χ1v) is 6.23. The van der Waals surface area contributed by atoms with E-state index in [1.807, 2.05) is 0 Å². The van der Waals surface area contributed by atoms with Crippen LogP contribution in [-0.2, 0) is 11.3 Å². The molecule has 0 amide bonds. The molecule has 0 saturated heterocycles. The first-order valence-electron chi connectivity index (χ1n) is 5.47. The third kappa shape index (κ3) is 3.19. The fraction of sp³-hybridized carbons (Fsp3) is 0.0714. The first-order chi connectivity index (χ1) is 9.09. The molecule has 0 unspecified atom stereocenters. The van der Waals surface area contributed by atoms with Crippen molar-refractivity contribution in [2.24, 2.45) is 0 Å². The zero-order chi connectivity index (χ0) is 13.8. The molecule has 0 bridgehead atoms. The van der Waals surface area contributed by atoms with Gasteiger partial charge in [-0.25, -0.2) is 4.79 Å². The summed E-state index contributed by atoms with van der Waals surface area (Å²) in [4.78, 5) is 11.8. The molecule has 98 valence electrons. The molecule has 0 aliphatic heterocycles. The maximum atomic E-state index is 11.8. The highest BCUT2D eigenvalue weighted by Gasteiger charge is 2.13. The van der Waals surface area contributed by atoms with Crippen LogP contribution in [0.4, 0.5) is 0 Å². The van der Waals surface area contributed by atoms with Gasteiger partial charge in [0.15, 0.2) is 0 Å². The summed E-state index contributed by atoms with van der Waals surface area (Å²) in [5, 5.41) is 10.4. The Labute approximate surface area is 120 Å². The zero-order valence-electron chi connectivity index (χ0n) is 9.77. The topological polar surface area (TPSA) is 46.5 Å². The van der Waals surface area contributed by atoms with Gasteiger partial charge in [-0.1, -0.05) is 41.4 Å². The van der Waals surface area contributed by atoms with E-state index in [0.717, 1.165) is 0 Å². The van der Waals surface area contributed by atoms with Crippen molar-refractivity contribution >= 4 is 29.2 Å². The second kappa shape index (κ2) is 5.95. The summed E-state index contributed by atoms with van der Waals surface area (Å²) in [7, 11) is 0. The van der Waals surface area contributed by atoms with Crippen LogP contribution < -0.4 is 0 Å². The van der Waals surface area contributed by atoms with Crippen molar-refractivity contribution in [3.8, 4) is 5.75 Å². The maximum absolute atomic E-state index is 11.8. The second-order valence-electron chi connectivity index (χ2n) is 3.79. The average molecular weight is 297 g/mol. The fourth-order valence-corrected chi connectivity index (χ4v) is 2.04. The van der Waals surface area contributed by atoms with Crippen LogP contribution in [0.1, 0.15) is 15.9 Å². The number of carbonyl (C=O) groups excluding carboxylic acids is 1. The lowest BCUT2D eigenvalue weighted by molar-refractivity contribution is 0.0470. The Bertz CT molecular complexity index is 591. The Balaban J connectivity index is 2.11. The minimum atomic E-state index is -0.630. The predicted octanol–water partition coefficient (Wildman–Crippen LogP) is 4.06. The Morgan fingerprint density at radius 1 is 1.05 bits per heavy atom. The van der Waals surface area contributed by atoms with Gasteiger partial charge in [0.25, 0.3) is 0 Å². The number of para-hydroxylation sites is 1. The normalized spacial score (nSPS) is 10.2. The van der Waals surface area contributed by atoms with Crippen molar-refractivity contribution in [3.05, 3.63) is 63.6 Å². The van der Waals surface area contributed by atoms with Crippen molar-refractivity contribution in [2.45, 2.75) is 6.61 Å². The lowest BCUT2D eigenvalue weighted by atomic mass is 10.2. The number of benzene rings is 2. The molecule has 0 aromatic heterocycles. The lowest BCUT2D eigenvalue weighted by Crippen LogP contribution is -2.06. The molecule has 0 aliphatic rings. The number of hydrogen-bond acceptors (Lipinski definition) is 3. The number of esters is 1. The molecule has 2 rings (SSSR count). The standard InChI is InChI=1S/C14H10Cl2O3/c15-11-5-3-6-12(16)10(11)8-19-14(18)9-4-1-2-7-13(9)17/h1-7,17H,8H2. The number of phenolic OH excluding ortho intramolecular Hbond substituents is 1. The van der Waals surface area contributed by atoms with Gasteiger partial charge in [-0.05, 0) is 24.3 Å². The van der Waals surface area contributed by atoms with Gasteiger partial charge in [-0.15, -0.1) is 0 Å². The molecule has 19 heavy (non-hydrogen) atoms. The number of rotatable bonds is 3. The molecule has 5 heteroatoms. The summed E-state index contributed by atoms with van der Waals surface area (Å²) in [6, 6.07) is 11.2. The second-order valence-corrected chi connectivity index (χ2v) is 4.61. The maximum Gasteiger partial charge on any atom is 0.342 e. The van der Waals surface area contributed by atoms with Crippen LogP contribution in [0.5, 0.6) is 5.75 Å². The number of hydrogen-bond donors (Lipinski definition) is 1. The molecule has 2 aromatic carbocycles. The Hall–Kier alpha value is -1.71. The minimum absolute atomic E-state index is 0.0499. The molecule has 0 radical (unpaired) electrons. The van der Waals surface area contributed by atoms with Gasteiger partial charge in [0.2, 0.25) is 0 Å².